The van der Waals surface area contributed by atoms with Crippen LogP contribution in [0.5, 0.6) is 0 Å². The molecule has 0 radical (unpaired) electrons. The largest absolute Gasteiger partial charge is 0.351 e. The zero-order chi connectivity index (χ0) is 19.6. The summed E-state index contributed by atoms with van der Waals surface area (Å²) in [5, 5.41) is 15.0. The second-order valence-electron chi connectivity index (χ2n) is 6.33. The number of anilines is 2. The van der Waals surface area contributed by atoms with Gasteiger partial charge in [0.05, 0.1) is 16.8 Å². The molecule has 1 saturated heterocycles. The third-order valence-corrected chi connectivity index (χ3v) is 8.25. The van der Waals surface area contributed by atoms with Gasteiger partial charge in [0.25, 0.3) is 0 Å². The van der Waals surface area contributed by atoms with Crippen molar-refractivity contribution in [1.29, 1.82) is 0 Å². The standard InChI is InChI=1S/C16H19ClN4O3S3/c1-9-3-4-11(7-13(9)17)19-15-20-21-16(26-15)25-10(2)14(22)18-12-5-6-27(23,24)8-12/h3-4,7,10,12H,5-6,8H2,1-2H3,(H,18,22)(H,19,20)/t10-,12-/m1/s1. The van der Waals surface area contributed by atoms with Gasteiger partial charge in [0.1, 0.15) is 0 Å². The van der Waals surface area contributed by atoms with E-state index in [9.17, 15) is 13.2 Å². The molecule has 0 bridgehead atoms. The lowest BCUT2D eigenvalue weighted by Crippen LogP contribution is -2.39. The van der Waals surface area contributed by atoms with Gasteiger partial charge >= 0.3 is 0 Å². The predicted octanol–water partition coefficient (Wildman–Crippen LogP) is 3.03. The zero-order valence-corrected chi connectivity index (χ0v) is 17.9. The number of nitrogens with one attached hydrogen (secondary N) is 2. The highest BCUT2D eigenvalue weighted by molar-refractivity contribution is 8.02. The number of amides is 1. The molecule has 3 rings (SSSR count). The molecule has 2 aromatic rings. The van der Waals surface area contributed by atoms with E-state index in [-0.39, 0.29) is 23.5 Å². The third kappa shape index (κ3) is 5.56. The van der Waals surface area contributed by atoms with E-state index in [0.717, 1.165) is 11.3 Å². The van der Waals surface area contributed by atoms with Gasteiger partial charge in [-0.3, -0.25) is 4.79 Å². The van der Waals surface area contributed by atoms with Crippen LogP contribution in [0.1, 0.15) is 18.9 Å². The molecule has 1 aliphatic heterocycles. The fourth-order valence-electron chi connectivity index (χ4n) is 2.53. The number of hydrogen-bond acceptors (Lipinski definition) is 8. The van der Waals surface area contributed by atoms with Crippen LogP contribution in [0.3, 0.4) is 0 Å². The predicted molar refractivity (Wildman–Crippen MR) is 110 cm³/mol. The Hall–Kier alpha value is -1.36. The summed E-state index contributed by atoms with van der Waals surface area (Å²) in [5.41, 5.74) is 1.80. The minimum absolute atomic E-state index is 0.0160. The summed E-state index contributed by atoms with van der Waals surface area (Å²) >= 11 is 8.74. The van der Waals surface area contributed by atoms with Crippen molar-refractivity contribution in [3.05, 3.63) is 28.8 Å². The summed E-state index contributed by atoms with van der Waals surface area (Å²) in [6.07, 6.45) is 0.470. The highest BCUT2D eigenvalue weighted by atomic mass is 35.5. The second-order valence-corrected chi connectivity index (χ2v) is 11.5. The Morgan fingerprint density at radius 2 is 2.19 bits per heavy atom. The first-order valence-electron chi connectivity index (χ1n) is 8.26. The van der Waals surface area contributed by atoms with Crippen LogP contribution in [0.25, 0.3) is 0 Å². The van der Waals surface area contributed by atoms with Crippen LogP contribution in [-0.4, -0.2) is 47.3 Å². The van der Waals surface area contributed by atoms with Crippen LogP contribution in [0.4, 0.5) is 10.8 Å². The summed E-state index contributed by atoms with van der Waals surface area (Å²) in [5.74, 6) is -0.0483. The summed E-state index contributed by atoms with van der Waals surface area (Å²) in [7, 11) is -3.02. The second kappa shape index (κ2) is 8.34. The molecule has 1 aromatic carbocycles. The first-order chi connectivity index (χ1) is 12.7. The van der Waals surface area contributed by atoms with Gasteiger partial charge in [-0.1, -0.05) is 40.8 Å². The lowest BCUT2D eigenvalue weighted by atomic mass is 10.2. The number of sulfone groups is 1. The molecule has 1 aromatic heterocycles. The fraction of sp³-hybridized carbons (Fsp3) is 0.438. The van der Waals surface area contributed by atoms with Crippen molar-refractivity contribution in [2.24, 2.45) is 0 Å². The first-order valence-corrected chi connectivity index (χ1v) is 12.2. The van der Waals surface area contributed by atoms with Gasteiger partial charge in [-0.25, -0.2) is 8.42 Å². The minimum atomic E-state index is -3.02. The van der Waals surface area contributed by atoms with Gasteiger partial charge < -0.3 is 10.6 Å². The molecule has 27 heavy (non-hydrogen) atoms. The van der Waals surface area contributed by atoms with Crippen molar-refractivity contribution in [2.75, 3.05) is 16.8 Å². The molecule has 11 heteroatoms. The normalized spacial score (nSPS) is 19.6. The number of aromatic nitrogens is 2. The number of halogens is 1. The van der Waals surface area contributed by atoms with Crippen molar-refractivity contribution in [3.8, 4) is 0 Å². The maximum absolute atomic E-state index is 12.3. The van der Waals surface area contributed by atoms with Crippen LogP contribution < -0.4 is 10.6 Å². The number of thioether (sulfide) groups is 1. The number of rotatable bonds is 6. The van der Waals surface area contributed by atoms with E-state index in [1.165, 1.54) is 23.1 Å². The van der Waals surface area contributed by atoms with Gasteiger partial charge in [-0.05, 0) is 38.0 Å². The lowest BCUT2D eigenvalue weighted by molar-refractivity contribution is -0.120. The number of aryl methyl sites for hydroxylation is 1. The van der Waals surface area contributed by atoms with E-state index in [0.29, 0.717) is 20.9 Å². The summed E-state index contributed by atoms with van der Waals surface area (Å²) < 4.78 is 23.6. The number of benzene rings is 1. The molecular formula is C16H19ClN4O3S3. The lowest BCUT2D eigenvalue weighted by Gasteiger charge is -2.14. The number of carbonyl (C=O) groups is 1. The van der Waals surface area contributed by atoms with Crippen LogP contribution in [-0.2, 0) is 14.6 Å². The minimum Gasteiger partial charge on any atom is -0.351 e. The molecule has 2 N–H and O–H groups in total. The van der Waals surface area contributed by atoms with E-state index < -0.39 is 15.1 Å². The van der Waals surface area contributed by atoms with Crippen molar-refractivity contribution < 1.29 is 13.2 Å². The van der Waals surface area contributed by atoms with E-state index in [1.807, 2.05) is 25.1 Å². The number of nitrogens with zero attached hydrogens (tertiary/aromatic N) is 2. The Morgan fingerprint density at radius 1 is 1.41 bits per heavy atom. The van der Waals surface area contributed by atoms with Crippen molar-refractivity contribution in [3.63, 3.8) is 0 Å². The van der Waals surface area contributed by atoms with E-state index >= 15 is 0 Å². The molecule has 2 heterocycles. The Labute approximate surface area is 171 Å². The first kappa shape index (κ1) is 20.4. The molecule has 0 saturated carbocycles. The van der Waals surface area contributed by atoms with Gasteiger partial charge in [-0.15, -0.1) is 10.2 Å². The third-order valence-electron chi connectivity index (χ3n) is 4.06. The summed E-state index contributed by atoms with van der Waals surface area (Å²) in [4.78, 5) is 12.3. The molecule has 0 aliphatic carbocycles. The van der Waals surface area contributed by atoms with E-state index in [1.54, 1.807) is 6.92 Å². The summed E-state index contributed by atoms with van der Waals surface area (Å²) in [6.45, 7) is 3.69. The summed E-state index contributed by atoms with van der Waals surface area (Å²) in [6, 6.07) is 5.33. The Bertz CT molecular complexity index is 948. The Balaban J connectivity index is 1.55. The number of carbonyl (C=O) groups excluding carboxylic acids is 1. The maximum atomic E-state index is 12.3. The molecule has 146 valence electrons. The van der Waals surface area contributed by atoms with E-state index in [2.05, 4.69) is 20.8 Å². The van der Waals surface area contributed by atoms with Crippen LogP contribution in [0, 0.1) is 6.92 Å². The van der Waals surface area contributed by atoms with Gasteiger partial charge in [-0.2, -0.15) is 0 Å². The van der Waals surface area contributed by atoms with Crippen molar-refractivity contribution in [1.82, 2.24) is 15.5 Å². The Kier molecular flexibility index (Phi) is 6.29. The van der Waals surface area contributed by atoms with Gasteiger partial charge in [0.2, 0.25) is 11.0 Å². The molecule has 0 unspecified atom stereocenters. The van der Waals surface area contributed by atoms with Crippen molar-refractivity contribution in [2.45, 2.75) is 35.9 Å². The quantitative estimate of drug-likeness (QED) is 0.657. The molecule has 0 spiro atoms. The molecule has 2 atom stereocenters. The molecule has 1 fully saturated rings. The average molecular weight is 447 g/mol. The molecule has 7 nitrogen and oxygen atoms in total. The molecule has 1 amide bonds. The SMILES string of the molecule is Cc1ccc(Nc2nnc(S[C@H](C)C(=O)N[C@@H]3CCS(=O)(=O)C3)s2)cc1Cl. The van der Waals surface area contributed by atoms with Crippen LogP contribution >= 0.6 is 34.7 Å². The fourth-order valence-corrected chi connectivity index (χ4v) is 6.31. The van der Waals surface area contributed by atoms with Gasteiger partial charge in [0, 0.05) is 16.8 Å². The topological polar surface area (TPSA) is 101 Å². The highest BCUT2D eigenvalue weighted by Crippen LogP contribution is 2.31. The smallest absolute Gasteiger partial charge is 0.233 e. The van der Waals surface area contributed by atoms with E-state index in [4.69, 9.17) is 11.6 Å². The average Bonchev–Trinajstić information content (AvgIpc) is 3.16. The Morgan fingerprint density at radius 3 is 2.85 bits per heavy atom. The van der Waals surface area contributed by atoms with Crippen molar-refractivity contribution >= 4 is 61.3 Å². The monoisotopic (exact) mass is 446 g/mol. The highest BCUT2D eigenvalue weighted by Gasteiger charge is 2.30. The molecular weight excluding hydrogens is 428 g/mol. The molecule has 1 aliphatic rings. The zero-order valence-electron chi connectivity index (χ0n) is 14.7. The maximum Gasteiger partial charge on any atom is 0.233 e. The van der Waals surface area contributed by atoms with Crippen LogP contribution in [0.2, 0.25) is 5.02 Å². The number of hydrogen-bond donors (Lipinski definition) is 2. The van der Waals surface area contributed by atoms with Crippen LogP contribution in [0.15, 0.2) is 22.5 Å². The van der Waals surface area contributed by atoms with Gasteiger partial charge in [0.15, 0.2) is 14.2 Å².